The molecule has 0 spiro atoms. The molecule has 2 aromatic rings. The molecule has 20 heavy (non-hydrogen) atoms. The normalized spacial score (nSPS) is 13.7. The second-order valence-electron chi connectivity index (χ2n) is 4.23. The fourth-order valence-electron chi connectivity index (χ4n) is 2.26. The molecule has 2 heterocycles. The summed E-state index contributed by atoms with van der Waals surface area (Å²) in [5.41, 5.74) is 0.0630. The van der Waals surface area contributed by atoms with Gasteiger partial charge in [0, 0.05) is 5.56 Å². The summed E-state index contributed by atoms with van der Waals surface area (Å²) in [6.45, 7) is 0.296. The second kappa shape index (κ2) is 4.53. The Labute approximate surface area is 112 Å². The molecule has 1 aromatic heterocycles. The number of carboxylic acid groups (broad SMARTS) is 1. The van der Waals surface area contributed by atoms with Crippen molar-refractivity contribution in [3.63, 3.8) is 0 Å². The number of pyridine rings is 1. The van der Waals surface area contributed by atoms with Gasteiger partial charge in [0.25, 0.3) is 0 Å². The number of carboxylic acids is 1. The highest BCUT2D eigenvalue weighted by molar-refractivity contribution is 5.94. The van der Waals surface area contributed by atoms with Gasteiger partial charge in [-0.1, -0.05) is 0 Å². The number of ether oxygens (including phenoxy) is 2. The van der Waals surface area contributed by atoms with Crippen molar-refractivity contribution in [1.82, 2.24) is 4.73 Å². The topological polar surface area (TPSA) is 87.0 Å². The zero-order chi connectivity index (χ0) is 14.3. The Balaban J connectivity index is 2.46. The number of aromatic nitrogens is 1. The Hall–Kier alpha value is -2.54. The molecule has 7 nitrogen and oxygen atoms in total. The minimum absolute atomic E-state index is 0.107. The zero-order valence-electron chi connectivity index (χ0n) is 10.6. The first-order chi connectivity index (χ1) is 9.63. The number of hydrogen-bond acceptors (Lipinski definition) is 5. The fraction of sp³-hybridized carbons (Fsp3) is 0.231. The van der Waals surface area contributed by atoms with Gasteiger partial charge < -0.3 is 19.4 Å². The van der Waals surface area contributed by atoms with Crippen LogP contribution >= 0.6 is 0 Å². The van der Waals surface area contributed by atoms with Crippen LogP contribution in [0.1, 0.15) is 15.9 Å². The van der Waals surface area contributed by atoms with E-state index in [4.69, 9.17) is 19.4 Å². The first kappa shape index (κ1) is 12.5. The van der Waals surface area contributed by atoms with Crippen LogP contribution < -0.4 is 15.0 Å². The average Bonchev–Trinajstić information content (AvgIpc) is 2.46. The van der Waals surface area contributed by atoms with Gasteiger partial charge in [-0.05, 0) is 12.1 Å². The van der Waals surface area contributed by atoms with E-state index in [9.17, 15) is 9.59 Å². The maximum atomic E-state index is 12.3. The molecule has 0 saturated heterocycles. The van der Waals surface area contributed by atoms with Crippen LogP contribution in [0.4, 0.5) is 0 Å². The Morgan fingerprint density at radius 2 is 2.25 bits per heavy atom. The number of fused-ring (bicyclic) bond motifs is 3. The van der Waals surface area contributed by atoms with Crippen LogP contribution in [0, 0.1) is 0 Å². The van der Waals surface area contributed by atoms with Crippen LogP contribution in [-0.4, -0.2) is 29.7 Å². The first-order valence-electron chi connectivity index (χ1n) is 5.83. The van der Waals surface area contributed by atoms with Crippen molar-refractivity contribution in [1.29, 1.82) is 0 Å². The Kier molecular flexibility index (Phi) is 2.83. The molecule has 0 fully saturated rings. The van der Waals surface area contributed by atoms with E-state index in [2.05, 4.69) is 0 Å². The molecule has 104 valence electrons. The molecule has 1 aromatic carbocycles. The number of hydrogen-bond donors (Lipinski definition) is 1. The van der Waals surface area contributed by atoms with Crippen LogP contribution in [0.2, 0.25) is 0 Å². The molecular weight excluding hydrogens is 266 g/mol. The highest BCUT2D eigenvalue weighted by Gasteiger charge is 2.22. The molecule has 1 N–H and O–H groups in total. The Morgan fingerprint density at radius 1 is 1.45 bits per heavy atom. The fourth-order valence-corrected chi connectivity index (χ4v) is 2.26. The van der Waals surface area contributed by atoms with E-state index in [1.165, 1.54) is 11.8 Å². The van der Waals surface area contributed by atoms with Gasteiger partial charge in [-0.2, -0.15) is 4.73 Å². The molecular formula is C13H11NO6. The number of benzene rings is 1. The Morgan fingerprint density at radius 3 is 2.95 bits per heavy atom. The maximum Gasteiger partial charge on any atom is 0.341 e. The third kappa shape index (κ3) is 1.71. The van der Waals surface area contributed by atoms with Crippen LogP contribution in [0.15, 0.2) is 23.1 Å². The molecule has 1 aliphatic rings. The minimum atomic E-state index is -1.31. The molecule has 7 heteroatoms. The molecule has 0 amide bonds. The summed E-state index contributed by atoms with van der Waals surface area (Å²) in [4.78, 5) is 28.6. The molecule has 0 aliphatic carbocycles. The van der Waals surface area contributed by atoms with Gasteiger partial charge in [-0.15, -0.1) is 0 Å². The third-order valence-electron chi connectivity index (χ3n) is 3.17. The van der Waals surface area contributed by atoms with E-state index < -0.39 is 11.4 Å². The lowest BCUT2D eigenvalue weighted by Gasteiger charge is -2.20. The SMILES string of the molecule is COn1cc(C(=O)O)c(=O)c2c3c(ccc21)OCOC3. The summed E-state index contributed by atoms with van der Waals surface area (Å²) in [5, 5.41) is 9.36. The smallest absolute Gasteiger partial charge is 0.341 e. The quantitative estimate of drug-likeness (QED) is 0.866. The number of aromatic carboxylic acids is 1. The largest absolute Gasteiger partial charge is 0.477 e. The van der Waals surface area contributed by atoms with E-state index in [0.717, 1.165) is 6.20 Å². The average molecular weight is 277 g/mol. The lowest BCUT2D eigenvalue weighted by molar-refractivity contribution is -0.0155. The van der Waals surface area contributed by atoms with E-state index >= 15 is 0 Å². The number of nitrogens with zero attached hydrogens (tertiary/aromatic N) is 1. The van der Waals surface area contributed by atoms with E-state index in [1.54, 1.807) is 12.1 Å². The first-order valence-corrected chi connectivity index (χ1v) is 5.83. The number of rotatable bonds is 2. The van der Waals surface area contributed by atoms with Crippen molar-refractivity contribution < 1.29 is 24.2 Å². The highest BCUT2D eigenvalue weighted by atomic mass is 16.7. The van der Waals surface area contributed by atoms with Crippen molar-refractivity contribution in [2.75, 3.05) is 13.9 Å². The van der Waals surface area contributed by atoms with Crippen molar-refractivity contribution >= 4 is 16.9 Å². The van der Waals surface area contributed by atoms with Gasteiger partial charge in [-0.25, -0.2) is 4.79 Å². The lowest BCUT2D eigenvalue weighted by Crippen LogP contribution is -2.23. The molecule has 0 radical (unpaired) electrons. The van der Waals surface area contributed by atoms with Gasteiger partial charge >= 0.3 is 5.97 Å². The standard InChI is InChI=1S/C13H11NO6/c1-18-14-4-7(13(16)17)12(15)11-8-5-19-6-20-10(8)3-2-9(11)14/h2-4H,5-6H2,1H3,(H,16,17). The van der Waals surface area contributed by atoms with E-state index in [1.807, 2.05) is 0 Å². The molecule has 0 atom stereocenters. The van der Waals surface area contributed by atoms with Gasteiger partial charge in [0.15, 0.2) is 6.79 Å². The third-order valence-corrected chi connectivity index (χ3v) is 3.17. The summed E-state index contributed by atoms with van der Waals surface area (Å²) >= 11 is 0. The molecule has 0 saturated carbocycles. The summed E-state index contributed by atoms with van der Waals surface area (Å²) in [7, 11) is 1.39. The van der Waals surface area contributed by atoms with Crippen molar-refractivity contribution in [2.45, 2.75) is 6.61 Å². The van der Waals surface area contributed by atoms with Gasteiger partial charge in [0.2, 0.25) is 5.43 Å². The van der Waals surface area contributed by atoms with Gasteiger partial charge in [0.1, 0.15) is 18.4 Å². The second-order valence-corrected chi connectivity index (χ2v) is 4.23. The summed E-state index contributed by atoms with van der Waals surface area (Å²) < 4.78 is 11.7. The Bertz CT molecular complexity index is 764. The summed E-state index contributed by atoms with van der Waals surface area (Å²) in [6, 6.07) is 3.35. The zero-order valence-corrected chi connectivity index (χ0v) is 10.6. The highest BCUT2D eigenvalue weighted by Crippen LogP contribution is 2.29. The van der Waals surface area contributed by atoms with Crippen molar-refractivity contribution in [3.8, 4) is 5.75 Å². The summed E-state index contributed by atoms with van der Waals surface area (Å²) in [6.07, 6.45) is 1.16. The van der Waals surface area contributed by atoms with E-state index in [-0.39, 0.29) is 24.3 Å². The van der Waals surface area contributed by atoms with Gasteiger partial charge in [-0.3, -0.25) is 4.79 Å². The van der Waals surface area contributed by atoms with Crippen molar-refractivity contribution in [3.05, 3.63) is 39.7 Å². The maximum absolute atomic E-state index is 12.3. The van der Waals surface area contributed by atoms with Crippen LogP contribution in [0.5, 0.6) is 5.75 Å². The lowest BCUT2D eigenvalue weighted by atomic mass is 10.0. The van der Waals surface area contributed by atoms with Gasteiger partial charge in [0.05, 0.1) is 23.7 Å². The van der Waals surface area contributed by atoms with E-state index in [0.29, 0.717) is 16.8 Å². The minimum Gasteiger partial charge on any atom is -0.477 e. The van der Waals surface area contributed by atoms with Crippen molar-refractivity contribution in [2.24, 2.45) is 0 Å². The number of carbonyl (C=O) groups is 1. The van der Waals surface area contributed by atoms with Crippen LogP contribution in [0.3, 0.4) is 0 Å². The summed E-state index contributed by atoms with van der Waals surface area (Å²) in [5.74, 6) is -0.788. The van der Waals surface area contributed by atoms with Crippen LogP contribution in [0.25, 0.3) is 10.9 Å². The molecule has 3 rings (SSSR count). The predicted molar refractivity (Wildman–Crippen MR) is 68.0 cm³/mol. The molecule has 1 aliphatic heterocycles. The van der Waals surface area contributed by atoms with Crippen LogP contribution in [-0.2, 0) is 11.3 Å². The molecule has 0 bridgehead atoms. The molecule has 0 unspecified atom stereocenters. The monoisotopic (exact) mass is 277 g/mol. The predicted octanol–water partition coefficient (Wildman–Crippen LogP) is 0.625.